The summed E-state index contributed by atoms with van der Waals surface area (Å²) in [5.41, 5.74) is 3.04. The van der Waals surface area contributed by atoms with Crippen molar-refractivity contribution in [2.45, 2.75) is 26.4 Å². The lowest BCUT2D eigenvalue weighted by atomic mass is 10.1. The average Bonchev–Trinajstić information content (AvgIpc) is 2.42. The number of hydrogen-bond acceptors (Lipinski definition) is 3. The smallest absolute Gasteiger partial charge is 0.255 e. The molecule has 104 valence electrons. The first-order valence-corrected chi connectivity index (χ1v) is 7.46. The standard InChI is InChI=1S/C15H16BrN3O/c1-10-17-14-6-7-19(9-13(14)15(20)18-10)8-11-2-4-12(16)5-3-11/h2-5H,6-9H2,1H3,(H,17,18,20). The lowest BCUT2D eigenvalue weighted by Crippen LogP contribution is -2.35. The summed E-state index contributed by atoms with van der Waals surface area (Å²) in [6.07, 6.45) is 0.844. The molecule has 20 heavy (non-hydrogen) atoms. The second kappa shape index (κ2) is 5.50. The van der Waals surface area contributed by atoms with Crippen LogP contribution in [0.4, 0.5) is 0 Å². The van der Waals surface area contributed by atoms with Gasteiger partial charge in [-0.3, -0.25) is 9.69 Å². The number of benzene rings is 1. The number of aromatic nitrogens is 2. The summed E-state index contributed by atoms with van der Waals surface area (Å²) in [6, 6.07) is 8.31. The van der Waals surface area contributed by atoms with Crippen LogP contribution in [0.1, 0.15) is 22.6 Å². The molecular formula is C15H16BrN3O. The highest BCUT2D eigenvalue weighted by atomic mass is 79.9. The predicted molar refractivity (Wildman–Crippen MR) is 81.6 cm³/mol. The largest absolute Gasteiger partial charge is 0.310 e. The van der Waals surface area contributed by atoms with Gasteiger partial charge in [-0.1, -0.05) is 28.1 Å². The van der Waals surface area contributed by atoms with Crippen LogP contribution in [0.25, 0.3) is 0 Å². The van der Waals surface area contributed by atoms with Crippen molar-refractivity contribution in [2.75, 3.05) is 6.54 Å². The number of nitrogens with zero attached hydrogens (tertiary/aromatic N) is 2. The van der Waals surface area contributed by atoms with E-state index in [1.54, 1.807) is 0 Å². The minimum absolute atomic E-state index is 0.00741. The van der Waals surface area contributed by atoms with Crippen LogP contribution in [0.2, 0.25) is 0 Å². The molecule has 0 fully saturated rings. The first kappa shape index (κ1) is 13.5. The molecule has 5 heteroatoms. The molecule has 0 aliphatic carbocycles. The van der Waals surface area contributed by atoms with E-state index in [0.717, 1.165) is 35.2 Å². The third-order valence-corrected chi connectivity index (χ3v) is 4.11. The molecule has 1 aromatic carbocycles. The molecule has 0 atom stereocenters. The molecule has 0 saturated heterocycles. The van der Waals surface area contributed by atoms with Crippen molar-refractivity contribution in [3.8, 4) is 0 Å². The Morgan fingerprint density at radius 3 is 2.85 bits per heavy atom. The van der Waals surface area contributed by atoms with Gasteiger partial charge in [-0.2, -0.15) is 0 Å². The Hall–Kier alpha value is -1.46. The average molecular weight is 334 g/mol. The van der Waals surface area contributed by atoms with E-state index in [1.807, 2.05) is 19.1 Å². The quantitative estimate of drug-likeness (QED) is 0.918. The van der Waals surface area contributed by atoms with Crippen LogP contribution in [0, 0.1) is 6.92 Å². The molecule has 4 nitrogen and oxygen atoms in total. The van der Waals surface area contributed by atoms with E-state index < -0.39 is 0 Å². The van der Waals surface area contributed by atoms with E-state index in [0.29, 0.717) is 12.4 Å². The molecule has 3 rings (SSSR count). The number of hydrogen-bond donors (Lipinski definition) is 1. The van der Waals surface area contributed by atoms with Crippen LogP contribution < -0.4 is 5.56 Å². The predicted octanol–water partition coefficient (Wildman–Crippen LogP) is 2.40. The minimum atomic E-state index is 0.00741. The molecule has 2 heterocycles. The van der Waals surface area contributed by atoms with Gasteiger partial charge in [-0.05, 0) is 24.6 Å². The maximum absolute atomic E-state index is 12.0. The third kappa shape index (κ3) is 2.83. The molecule has 1 aliphatic rings. The van der Waals surface area contributed by atoms with Crippen LogP contribution >= 0.6 is 15.9 Å². The Morgan fingerprint density at radius 1 is 1.35 bits per heavy atom. The Bertz CT molecular complexity index is 679. The van der Waals surface area contributed by atoms with Crippen molar-refractivity contribution < 1.29 is 0 Å². The van der Waals surface area contributed by atoms with Gasteiger partial charge in [0.25, 0.3) is 5.56 Å². The molecule has 0 unspecified atom stereocenters. The zero-order valence-electron chi connectivity index (χ0n) is 11.3. The Balaban J connectivity index is 1.79. The lowest BCUT2D eigenvalue weighted by Gasteiger charge is -2.27. The van der Waals surface area contributed by atoms with E-state index in [2.05, 4.69) is 42.9 Å². The van der Waals surface area contributed by atoms with Crippen LogP contribution in [0.3, 0.4) is 0 Å². The van der Waals surface area contributed by atoms with E-state index in [4.69, 9.17) is 0 Å². The molecule has 2 aromatic rings. The van der Waals surface area contributed by atoms with Crippen molar-refractivity contribution >= 4 is 15.9 Å². The van der Waals surface area contributed by atoms with Gasteiger partial charge in [-0.25, -0.2) is 4.98 Å². The minimum Gasteiger partial charge on any atom is -0.310 e. The highest BCUT2D eigenvalue weighted by Crippen LogP contribution is 2.17. The van der Waals surface area contributed by atoms with Gasteiger partial charge in [0, 0.05) is 30.5 Å². The zero-order chi connectivity index (χ0) is 14.1. The van der Waals surface area contributed by atoms with Crippen LogP contribution in [0.5, 0.6) is 0 Å². The van der Waals surface area contributed by atoms with E-state index in [9.17, 15) is 4.79 Å². The van der Waals surface area contributed by atoms with E-state index in [1.165, 1.54) is 5.56 Å². The fraction of sp³-hybridized carbons (Fsp3) is 0.333. The first-order valence-electron chi connectivity index (χ1n) is 6.67. The zero-order valence-corrected chi connectivity index (χ0v) is 12.9. The van der Waals surface area contributed by atoms with Crippen LogP contribution in [-0.4, -0.2) is 21.4 Å². The van der Waals surface area contributed by atoms with Crippen molar-refractivity contribution in [2.24, 2.45) is 0 Å². The van der Waals surface area contributed by atoms with Crippen molar-refractivity contribution in [3.05, 3.63) is 61.7 Å². The number of fused-ring (bicyclic) bond motifs is 1. The van der Waals surface area contributed by atoms with Crippen molar-refractivity contribution in [1.29, 1.82) is 0 Å². The molecule has 0 radical (unpaired) electrons. The number of H-pyrrole nitrogens is 1. The molecular weight excluding hydrogens is 318 g/mol. The summed E-state index contributed by atoms with van der Waals surface area (Å²) in [7, 11) is 0. The summed E-state index contributed by atoms with van der Waals surface area (Å²) in [5.74, 6) is 0.704. The van der Waals surface area contributed by atoms with Gasteiger partial charge in [0.2, 0.25) is 0 Å². The monoisotopic (exact) mass is 333 g/mol. The number of aryl methyl sites for hydroxylation is 1. The first-order chi connectivity index (χ1) is 9.61. The van der Waals surface area contributed by atoms with Gasteiger partial charge in [0.1, 0.15) is 5.82 Å². The molecule has 1 N–H and O–H groups in total. The van der Waals surface area contributed by atoms with Gasteiger partial charge in [0.15, 0.2) is 0 Å². The summed E-state index contributed by atoms with van der Waals surface area (Å²) < 4.78 is 1.08. The highest BCUT2D eigenvalue weighted by Gasteiger charge is 2.20. The van der Waals surface area contributed by atoms with Gasteiger partial charge < -0.3 is 4.98 Å². The number of halogens is 1. The molecule has 0 saturated carbocycles. The maximum atomic E-state index is 12.0. The van der Waals surface area contributed by atoms with Crippen molar-refractivity contribution in [3.63, 3.8) is 0 Å². The summed E-state index contributed by atoms with van der Waals surface area (Å²) in [6.45, 7) is 4.31. The fourth-order valence-corrected chi connectivity index (χ4v) is 2.85. The second-order valence-corrected chi connectivity index (χ2v) is 6.08. The Labute approximate surface area is 126 Å². The normalized spacial score (nSPS) is 15.1. The Morgan fingerprint density at radius 2 is 2.10 bits per heavy atom. The van der Waals surface area contributed by atoms with Crippen molar-refractivity contribution in [1.82, 2.24) is 14.9 Å². The summed E-state index contributed by atoms with van der Waals surface area (Å²) in [4.78, 5) is 21.5. The molecule has 0 spiro atoms. The van der Waals surface area contributed by atoms with Crippen LogP contribution in [0.15, 0.2) is 33.5 Å². The summed E-state index contributed by atoms with van der Waals surface area (Å²) >= 11 is 3.44. The SMILES string of the molecule is Cc1nc2c(c(=O)[nH]1)CN(Cc1ccc(Br)cc1)CC2. The Kier molecular flexibility index (Phi) is 3.72. The molecule has 0 amide bonds. The van der Waals surface area contributed by atoms with E-state index in [-0.39, 0.29) is 5.56 Å². The van der Waals surface area contributed by atoms with Gasteiger partial charge >= 0.3 is 0 Å². The topological polar surface area (TPSA) is 49.0 Å². The lowest BCUT2D eigenvalue weighted by molar-refractivity contribution is 0.241. The van der Waals surface area contributed by atoms with Gasteiger partial charge in [0.05, 0.1) is 11.3 Å². The fourth-order valence-electron chi connectivity index (χ4n) is 2.59. The maximum Gasteiger partial charge on any atom is 0.255 e. The third-order valence-electron chi connectivity index (χ3n) is 3.59. The van der Waals surface area contributed by atoms with E-state index >= 15 is 0 Å². The molecule has 1 aromatic heterocycles. The summed E-state index contributed by atoms with van der Waals surface area (Å²) in [5, 5.41) is 0. The van der Waals surface area contributed by atoms with Gasteiger partial charge in [-0.15, -0.1) is 0 Å². The molecule has 0 bridgehead atoms. The van der Waals surface area contributed by atoms with Crippen LogP contribution in [-0.2, 0) is 19.5 Å². The highest BCUT2D eigenvalue weighted by molar-refractivity contribution is 9.10. The number of nitrogens with one attached hydrogen (secondary N) is 1. The molecule has 1 aliphatic heterocycles. The number of aromatic amines is 1. The second-order valence-electron chi connectivity index (χ2n) is 5.16. The number of rotatable bonds is 2.